The highest BCUT2D eigenvalue weighted by Gasteiger charge is 2.19. The summed E-state index contributed by atoms with van der Waals surface area (Å²) in [4.78, 5) is 2.51. The van der Waals surface area contributed by atoms with Crippen LogP contribution in [0.25, 0.3) is 0 Å². The van der Waals surface area contributed by atoms with Gasteiger partial charge in [0.05, 0.1) is 0 Å². The maximum atomic E-state index is 3.25. The molecule has 3 atom stereocenters. The lowest BCUT2D eigenvalue weighted by molar-refractivity contribution is 0.144. The third kappa shape index (κ3) is 4.43. The van der Waals surface area contributed by atoms with Crippen molar-refractivity contribution >= 4 is 0 Å². The van der Waals surface area contributed by atoms with Crippen LogP contribution in [0, 0.1) is 5.92 Å². The van der Waals surface area contributed by atoms with E-state index in [0.29, 0.717) is 18.0 Å². The highest BCUT2D eigenvalue weighted by molar-refractivity contribution is 4.75. The third-order valence-corrected chi connectivity index (χ3v) is 3.39. The van der Waals surface area contributed by atoms with E-state index in [9.17, 15) is 0 Å². The second kappa shape index (κ2) is 7.24. The molecule has 0 fully saturated rings. The molecule has 0 aliphatic carbocycles. The first-order valence-electron chi connectivity index (χ1n) is 5.91. The van der Waals surface area contributed by atoms with Gasteiger partial charge in [0.15, 0.2) is 0 Å². The third-order valence-electron chi connectivity index (χ3n) is 3.39. The van der Waals surface area contributed by atoms with Crippen molar-refractivity contribution in [2.24, 2.45) is 5.92 Å². The second-order valence-electron chi connectivity index (χ2n) is 4.58. The van der Waals surface area contributed by atoms with E-state index < -0.39 is 0 Å². The number of hydrogen-bond donors (Lipinski definition) is 1. The average Bonchev–Trinajstić information content (AvgIpc) is 2.16. The Labute approximate surface area is 90.1 Å². The van der Waals surface area contributed by atoms with Crippen molar-refractivity contribution in [1.29, 1.82) is 0 Å². The topological polar surface area (TPSA) is 15.3 Å². The molecule has 3 unspecified atom stereocenters. The fourth-order valence-corrected chi connectivity index (χ4v) is 1.92. The minimum Gasteiger partial charge on any atom is -0.319 e. The molecule has 0 aliphatic rings. The molecule has 0 aromatic carbocycles. The van der Waals surface area contributed by atoms with Crippen LogP contribution in [0.3, 0.4) is 0 Å². The maximum absolute atomic E-state index is 3.25. The van der Waals surface area contributed by atoms with Crippen LogP contribution < -0.4 is 5.32 Å². The molecule has 0 aromatic rings. The van der Waals surface area contributed by atoms with Crippen molar-refractivity contribution in [3.8, 4) is 0 Å². The quantitative estimate of drug-likeness (QED) is 0.678. The van der Waals surface area contributed by atoms with E-state index in [0.717, 1.165) is 6.54 Å². The fourth-order valence-electron chi connectivity index (χ4n) is 1.92. The van der Waals surface area contributed by atoms with Gasteiger partial charge in [0.2, 0.25) is 0 Å². The molecule has 0 radical (unpaired) electrons. The predicted octanol–water partition coefficient (Wildman–Crippen LogP) is 2.35. The Morgan fingerprint density at radius 3 is 2.21 bits per heavy atom. The van der Waals surface area contributed by atoms with E-state index in [-0.39, 0.29) is 0 Å². The molecule has 0 spiro atoms. The van der Waals surface area contributed by atoms with Crippen LogP contribution in [0.15, 0.2) is 0 Å². The Morgan fingerprint density at radius 1 is 1.21 bits per heavy atom. The molecule has 0 aliphatic heterocycles. The summed E-state index contributed by atoms with van der Waals surface area (Å²) in [5.41, 5.74) is 0. The van der Waals surface area contributed by atoms with Crippen LogP contribution in [0.4, 0.5) is 0 Å². The first-order chi connectivity index (χ1) is 6.54. The van der Waals surface area contributed by atoms with Crippen LogP contribution in [0.1, 0.15) is 40.5 Å². The van der Waals surface area contributed by atoms with Crippen LogP contribution in [0.5, 0.6) is 0 Å². The Balaban J connectivity index is 4.01. The van der Waals surface area contributed by atoms with Crippen LogP contribution >= 0.6 is 0 Å². The minimum atomic E-state index is 0.656. The van der Waals surface area contributed by atoms with Gasteiger partial charge in [-0.1, -0.05) is 20.3 Å². The number of rotatable bonds is 7. The molecule has 0 bridgehead atoms. The molecule has 0 aromatic heterocycles. The lowest BCUT2D eigenvalue weighted by atomic mass is 10.00. The van der Waals surface area contributed by atoms with Crippen molar-refractivity contribution in [2.75, 3.05) is 20.6 Å². The smallest absolute Gasteiger partial charge is 0.0104 e. The number of hydrogen-bond acceptors (Lipinski definition) is 2. The molecule has 14 heavy (non-hydrogen) atoms. The summed E-state index contributed by atoms with van der Waals surface area (Å²) in [5, 5.41) is 3.25. The summed E-state index contributed by atoms with van der Waals surface area (Å²) in [5.74, 6) is 0.712. The Hall–Kier alpha value is -0.0800. The zero-order valence-electron chi connectivity index (χ0n) is 10.8. The van der Waals surface area contributed by atoms with E-state index in [4.69, 9.17) is 0 Å². The standard InChI is InChI=1S/C12H28N2/c1-7-8-11(3)14(6)12(4)10(2)9-13-5/h10-13H,7-9H2,1-6H3. The van der Waals surface area contributed by atoms with Gasteiger partial charge in [-0.05, 0) is 46.8 Å². The highest BCUT2D eigenvalue weighted by Crippen LogP contribution is 2.14. The largest absolute Gasteiger partial charge is 0.319 e. The molecule has 1 N–H and O–H groups in total. The van der Waals surface area contributed by atoms with Gasteiger partial charge < -0.3 is 10.2 Å². The summed E-state index contributed by atoms with van der Waals surface area (Å²) in [6.07, 6.45) is 2.58. The van der Waals surface area contributed by atoms with Crippen molar-refractivity contribution in [2.45, 2.75) is 52.6 Å². The van der Waals surface area contributed by atoms with Gasteiger partial charge in [0.25, 0.3) is 0 Å². The summed E-state index contributed by atoms with van der Waals surface area (Å²) >= 11 is 0. The van der Waals surface area contributed by atoms with E-state index in [2.05, 4.69) is 45.0 Å². The predicted molar refractivity (Wildman–Crippen MR) is 64.7 cm³/mol. The lowest BCUT2D eigenvalue weighted by Gasteiger charge is -2.34. The van der Waals surface area contributed by atoms with Gasteiger partial charge >= 0.3 is 0 Å². The van der Waals surface area contributed by atoms with Crippen molar-refractivity contribution < 1.29 is 0 Å². The number of nitrogens with one attached hydrogen (secondary N) is 1. The van der Waals surface area contributed by atoms with Crippen LogP contribution in [-0.4, -0.2) is 37.6 Å². The molecule has 0 saturated carbocycles. The SMILES string of the molecule is CCCC(C)N(C)C(C)C(C)CNC. The van der Waals surface area contributed by atoms with Gasteiger partial charge in [-0.2, -0.15) is 0 Å². The molecule has 2 heteroatoms. The second-order valence-corrected chi connectivity index (χ2v) is 4.58. The van der Waals surface area contributed by atoms with E-state index in [1.807, 2.05) is 7.05 Å². The molecule has 86 valence electrons. The van der Waals surface area contributed by atoms with Gasteiger partial charge in [-0.3, -0.25) is 0 Å². The van der Waals surface area contributed by atoms with E-state index >= 15 is 0 Å². The summed E-state index contributed by atoms with van der Waals surface area (Å²) in [6.45, 7) is 10.3. The first-order valence-corrected chi connectivity index (χ1v) is 5.91. The molecule has 0 heterocycles. The Kier molecular flexibility index (Phi) is 7.20. The molecule has 0 amide bonds. The fraction of sp³-hybridized carbons (Fsp3) is 1.00. The zero-order chi connectivity index (χ0) is 11.1. The van der Waals surface area contributed by atoms with Gasteiger partial charge in [-0.15, -0.1) is 0 Å². The van der Waals surface area contributed by atoms with Crippen molar-refractivity contribution in [3.63, 3.8) is 0 Å². The monoisotopic (exact) mass is 200 g/mol. The maximum Gasteiger partial charge on any atom is 0.0104 e. The van der Waals surface area contributed by atoms with Gasteiger partial charge in [0.1, 0.15) is 0 Å². The Morgan fingerprint density at radius 2 is 1.79 bits per heavy atom. The molecule has 0 saturated heterocycles. The van der Waals surface area contributed by atoms with E-state index in [1.165, 1.54) is 12.8 Å². The zero-order valence-corrected chi connectivity index (χ0v) is 10.8. The molecule has 2 nitrogen and oxygen atoms in total. The van der Waals surface area contributed by atoms with Gasteiger partial charge in [-0.25, -0.2) is 0 Å². The normalized spacial score (nSPS) is 18.2. The molecular formula is C12H28N2. The van der Waals surface area contributed by atoms with Gasteiger partial charge in [0, 0.05) is 12.1 Å². The van der Waals surface area contributed by atoms with Crippen LogP contribution in [0.2, 0.25) is 0 Å². The Bertz CT molecular complexity index is 120. The first kappa shape index (κ1) is 13.9. The van der Waals surface area contributed by atoms with Crippen molar-refractivity contribution in [3.05, 3.63) is 0 Å². The molecule has 0 rings (SSSR count). The summed E-state index contributed by atoms with van der Waals surface area (Å²) < 4.78 is 0. The summed E-state index contributed by atoms with van der Waals surface area (Å²) in [7, 11) is 4.27. The summed E-state index contributed by atoms with van der Waals surface area (Å²) in [6, 6.07) is 1.36. The number of nitrogens with zero attached hydrogens (tertiary/aromatic N) is 1. The average molecular weight is 200 g/mol. The van der Waals surface area contributed by atoms with E-state index in [1.54, 1.807) is 0 Å². The minimum absolute atomic E-state index is 0.656. The van der Waals surface area contributed by atoms with Crippen LogP contribution in [-0.2, 0) is 0 Å². The van der Waals surface area contributed by atoms with Crippen molar-refractivity contribution in [1.82, 2.24) is 10.2 Å². The highest BCUT2D eigenvalue weighted by atomic mass is 15.2. The lowest BCUT2D eigenvalue weighted by Crippen LogP contribution is -2.42. The molecular weight excluding hydrogens is 172 g/mol.